The van der Waals surface area contributed by atoms with E-state index in [1.165, 1.54) is 38.2 Å². The van der Waals surface area contributed by atoms with Crippen LogP contribution in [-0.4, -0.2) is 14.5 Å². The van der Waals surface area contributed by atoms with Gasteiger partial charge < -0.3 is 0 Å². The Labute approximate surface area is 330 Å². The summed E-state index contributed by atoms with van der Waals surface area (Å²) in [6, 6.07) is 75.8. The van der Waals surface area contributed by atoms with Crippen LogP contribution < -0.4 is 0 Å². The van der Waals surface area contributed by atoms with E-state index < -0.39 is 0 Å². The summed E-state index contributed by atoms with van der Waals surface area (Å²) in [6.45, 7) is 0. The zero-order chi connectivity index (χ0) is 37.7. The van der Waals surface area contributed by atoms with Crippen molar-refractivity contribution in [3.8, 4) is 61.7 Å². The molecule has 0 spiro atoms. The number of hydrogen-bond donors (Lipinski definition) is 0. The molecule has 0 aliphatic carbocycles. The topological polar surface area (TPSA) is 30.7 Å². The molecule has 11 rings (SSSR count). The molecule has 2 heterocycles. The van der Waals surface area contributed by atoms with Crippen molar-refractivity contribution in [2.75, 3.05) is 0 Å². The molecule has 0 unspecified atom stereocenters. The van der Waals surface area contributed by atoms with Gasteiger partial charge in [0, 0.05) is 21.7 Å². The Morgan fingerprint density at radius 1 is 0.298 bits per heavy atom. The molecule has 0 saturated carbocycles. The second kappa shape index (κ2) is 13.6. The van der Waals surface area contributed by atoms with Crippen molar-refractivity contribution in [3.05, 3.63) is 212 Å². The van der Waals surface area contributed by atoms with Crippen molar-refractivity contribution in [2.24, 2.45) is 0 Å². The molecule has 0 atom stereocenters. The maximum absolute atomic E-state index is 5.54. The third-order valence-electron chi connectivity index (χ3n) is 11.2. The lowest BCUT2D eigenvalue weighted by molar-refractivity contribution is 1.01. The minimum absolute atomic E-state index is 0.644. The average Bonchev–Trinajstić information content (AvgIpc) is 3.61. The first-order chi connectivity index (χ1) is 28.2. The minimum Gasteiger partial charge on any atom is -0.278 e. The van der Waals surface area contributed by atoms with Crippen LogP contribution in [-0.2, 0) is 0 Å². The molecule has 9 aromatic carbocycles. The Hall–Kier alpha value is -7.62. The minimum atomic E-state index is 0.644. The van der Waals surface area contributed by atoms with Crippen molar-refractivity contribution in [1.29, 1.82) is 0 Å². The first kappa shape index (κ1) is 32.8. The summed E-state index contributed by atoms with van der Waals surface area (Å²) >= 11 is 0. The quantitative estimate of drug-likeness (QED) is 0.171. The van der Waals surface area contributed by atoms with E-state index in [1.807, 2.05) is 0 Å². The van der Waals surface area contributed by atoms with Gasteiger partial charge in [-0.05, 0) is 85.6 Å². The first-order valence-electron chi connectivity index (χ1n) is 19.4. The zero-order valence-electron chi connectivity index (χ0n) is 31.0. The molecule has 0 aliphatic heterocycles. The van der Waals surface area contributed by atoms with E-state index in [-0.39, 0.29) is 0 Å². The van der Waals surface area contributed by atoms with Gasteiger partial charge in [-0.1, -0.05) is 182 Å². The number of rotatable bonds is 6. The van der Waals surface area contributed by atoms with Gasteiger partial charge in [-0.15, -0.1) is 0 Å². The second-order valence-corrected chi connectivity index (χ2v) is 14.6. The number of aromatic nitrogens is 3. The van der Waals surface area contributed by atoms with E-state index >= 15 is 0 Å². The Morgan fingerprint density at radius 3 is 1.42 bits per heavy atom. The lowest BCUT2D eigenvalue weighted by Crippen LogP contribution is -2.04. The maximum Gasteiger partial charge on any atom is 0.235 e. The highest BCUT2D eigenvalue weighted by Gasteiger charge is 2.20. The molecule has 11 aromatic rings. The molecule has 0 radical (unpaired) electrons. The van der Waals surface area contributed by atoms with Crippen LogP contribution >= 0.6 is 0 Å². The van der Waals surface area contributed by atoms with Crippen molar-refractivity contribution < 1.29 is 0 Å². The molecule has 2 aromatic heterocycles. The fourth-order valence-electron chi connectivity index (χ4n) is 8.37. The van der Waals surface area contributed by atoms with E-state index in [1.54, 1.807) is 0 Å². The van der Waals surface area contributed by atoms with E-state index in [2.05, 4.69) is 217 Å². The van der Waals surface area contributed by atoms with Crippen molar-refractivity contribution in [3.63, 3.8) is 0 Å². The fourth-order valence-corrected chi connectivity index (χ4v) is 8.37. The van der Waals surface area contributed by atoms with E-state index in [0.717, 1.165) is 61.0 Å². The molecule has 0 fully saturated rings. The summed E-state index contributed by atoms with van der Waals surface area (Å²) in [6.07, 6.45) is 0. The molecule has 0 N–H and O–H groups in total. The molecule has 0 bridgehead atoms. The van der Waals surface area contributed by atoms with Gasteiger partial charge in [0.2, 0.25) is 5.95 Å². The monoisotopic (exact) mass is 725 g/mol. The van der Waals surface area contributed by atoms with Crippen LogP contribution in [0.25, 0.3) is 105 Å². The fraction of sp³-hybridized carbons (Fsp3) is 0. The summed E-state index contributed by atoms with van der Waals surface area (Å²) in [5, 5.41) is 5.75. The number of fused-ring (bicyclic) bond motifs is 5. The molecule has 0 aliphatic rings. The van der Waals surface area contributed by atoms with Gasteiger partial charge in [-0.3, -0.25) is 4.57 Å². The lowest BCUT2D eigenvalue weighted by Gasteiger charge is -2.17. The van der Waals surface area contributed by atoms with Gasteiger partial charge in [0.25, 0.3) is 0 Å². The third kappa shape index (κ3) is 5.76. The highest BCUT2D eigenvalue weighted by Crippen LogP contribution is 2.41. The van der Waals surface area contributed by atoms with Crippen molar-refractivity contribution >= 4 is 43.5 Å². The predicted octanol–water partition coefficient (Wildman–Crippen LogP) is 14.2. The smallest absolute Gasteiger partial charge is 0.235 e. The Morgan fingerprint density at radius 2 is 0.772 bits per heavy atom. The van der Waals surface area contributed by atoms with E-state index in [9.17, 15) is 0 Å². The van der Waals surface area contributed by atoms with Crippen LogP contribution in [0.3, 0.4) is 0 Å². The van der Waals surface area contributed by atoms with Gasteiger partial charge in [0.15, 0.2) is 0 Å². The summed E-state index contributed by atoms with van der Waals surface area (Å²) in [4.78, 5) is 11.0. The second-order valence-electron chi connectivity index (χ2n) is 14.6. The van der Waals surface area contributed by atoms with Crippen molar-refractivity contribution in [1.82, 2.24) is 14.5 Å². The Bertz CT molecular complexity index is 3240. The zero-order valence-corrected chi connectivity index (χ0v) is 31.0. The molecule has 0 saturated heterocycles. The molecular weight excluding hydrogens is 691 g/mol. The molecule has 3 nitrogen and oxygen atoms in total. The maximum atomic E-state index is 5.54. The van der Waals surface area contributed by atoms with Crippen LogP contribution in [0.5, 0.6) is 0 Å². The number of nitrogens with zero attached hydrogens (tertiary/aromatic N) is 3. The van der Waals surface area contributed by atoms with Crippen LogP contribution in [0.1, 0.15) is 0 Å². The molecule has 0 amide bonds. The van der Waals surface area contributed by atoms with E-state index in [4.69, 9.17) is 9.97 Å². The van der Waals surface area contributed by atoms with Gasteiger partial charge >= 0.3 is 0 Å². The van der Waals surface area contributed by atoms with Gasteiger partial charge in [0.1, 0.15) is 0 Å². The van der Waals surface area contributed by atoms with Crippen LogP contribution in [0.2, 0.25) is 0 Å². The van der Waals surface area contributed by atoms with Crippen LogP contribution in [0.15, 0.2) is 212 Å². The third-order valence-corrected chi connectivity index (χ3v) is 11.2. The van der Waals surface area contributed by atoms with E-state index in [0.29, 0.717) is 5.95 Å². The standard InChI is InChI=1S/C54H35N3/c1-4-14-36(15-5-1)38-24-28-41(29-25-38)46-34-49-50(35-47(46)40-18-8-3-9-19-40)55-54(56-53(49)42-30-26-39(27-31-42)37-16-6-2-7-17-37)57-51-23-13-12-22-45(51)48-32-43-20-10-11-21-44(43)33-52(48)57/h1-35H. The molecule has 3 heteroatoms. The van der Waals surface area contributed by atoms with Crippen LogP contribution in [0, 0.1) is 0 Å². The number of para-hydroxylation sites is 1. The predicted molar refractivity (Wildman–Crippen MR) is 239 cm³/mol. The largest absolute Gasteiger partial charge is 0.278 e. The lowest BCUT2D eigenvalue weighted by atomic mass is 9.90. The molecular formula is C54H35N3. The highest BCUT2D eigenvalue weighted by atomic mass is 15.2. The van der Waals surface area contributed by atoms with Gasteiger partial charge in [-0.2, -0.15) is 0 Å². The number of hydrogen-bond acceptors (Lipinski definition) is 2. The summed E-state index contributed by atoms with van der Waals surface area (Å²) in [5.41, 5.74) is 14.2. The van der Waals surface area contributed by atoms with Gasteiger partial charge in [0.05, 0.1) is 22.2 Å². The highest BCUT2D eigenvalue weighted by molar-refractivity contribution is 6.13. The summed E-state index contributed by atoms with van der Waals surface area (Å²) < 4.78 is 2.25. The Kier molecular flexibility index (Phi) is 7.82. The summed E-state index contributed by atoms with van der Waals surface area (Å²) in [7, 11) is 0. The van der Waals surface area contributed by atoms with Crippen molar-refractivity contribution in [2.45, 2.75) is 0 Å². The van der Waals surface area contributed by atoms with Crippen LogP contribution in [0.4, 0.5) is 0 Å². The average molecular weight is 726 g/mol. The molecule has 57 heavy (non-hydrogen) atoms. The summed E-state index contributed by atoms with van der Waals surface area (Å²) in [5.74, 6) is 0.644. The number of benzene rings is 9. The SMILES string of the molecule is c1ccc(-c2ccc(-c3cc4c(-c5ccc(-c6ccccc6)cc5)nc(-n5c6ccccc6c6cc7ccccc7cc65)nc4cc3-c3ccccc3)cc2)cc1. The van der Waals surface area contributed by atoms with Gasteiger partial charge in [-0.25, -0.2) is 9.97 Å². The normalized spacial score (nSPS) is 11.5. The first-order valence-corrected chi connectivity index (χ1v) is 19.4. The Balaban J connectivity index is 1.19. The molecule has 266 valence electrons.